The minimum Gasteiger partial charge on any atom is -0.388 e. The number of carbonyl (C=O) groups excluding carboxylic acids is 1. The van der Waals surface area contributed by atoms with Crippen LogP contribution in [0.3, 0.4) is 0 Å². The molecule has 1 fully saturated rings. The lowest BCUT2D eigenvalue weighted by molar-refractivity contribution is -0.132. The van der Waals surface area contributed by atoms with Crippen LogP contribution in [0.1, 0.15) is 35.9 Å². The van der Waals surface area contributed by atoms with Crippen LogP contribution in [0.5, 0.6) is 0 Å². The van der Waals surface area contributed by atoms with Crippen molar-refractivity contribution in [3.8, 4) is 0 Å². The van der Waals surface area contributed by atoms with E-state index in [2.05, 4.69) is 10.2 Å². The van der Waals surface area contributed by atoms with Crippen LogP contribution in [0.15, 0.2) is 30.3 Å². The van der Waals surface area contributed by atoms with Gasteiger partial charge in [0, 0.05) is 18.8 Å². The van der Waals surface area contributed by atoms with Crippen LogP contribution in [0.4, 0.5) is 4.39 Å². The van der Waals surface area contributed by atoms with Gasteiger partial charge in [-0.2, -0.15) is 5.10 Å². The summed E-state index contributed by atoms with van der Waals surface area (Å²) in [5, 5.41) is 17.4. The van der Waals surface area contributed by atoms with Gasteiger partial charge in [-0.25, -0.2) is 4.39 Å². The summed E-state index contributed by atoms with van der Waals surface area (Å²) in [6.07, 6.45) is 1.17. The minimum absolute atomic E-state index is 0.0659. The predicted octanol–water partition coefficient (Wildman–Crippen LogP) is 2.37. The van der Waals surface area contributed by atoms with Crippen LogP contribution < -0.4 is 0 Å². The highest BCUT2D eigenvalue weighted by Crippen LogP contribution is 2.30. The lowest BCUT2D eigenvalue weighted by Gasteiger charge is -2.34. The number of H-pyrrole nitrogens is 1. The van der Waals surface area contributed by atoms with E-state index in [1.54, 1.807) is 12.1 Å². The number of aromatic nitrogens is 2. The van der Waals surface area contributed by atoms with Crippen molar-refractivity contribution in [1.29, 1.82) is 0 Å². The van der Waals surface area contributed by atoms with Crippen LogP contribution in [-0.2, 0) is 11.2 Å². The van der Waals surface area contributed by atoms with E-state index in [1.807, 2.05) is 17.9 Å². The zero-order chi connectivity index (χ0) is 17.1. The van der Waals surface area contributed by atoms with Gasteiger partial charge in [0.1, 0.15) is 5.82 Å². The molecule has 1 aliphatic rings. The fourth-order valence-corrected chi connectivity index (χ4v) is 3.23. The van der Waals surface area contributed by atoms with Gasteiger partial charge in [-0.3, -0.25) is 9.89 Å². The molecule has 2 aromatic rings. The number of nitrogens with one attached hydrogen (secondary N) is 1. The van der Waals surface area contributed by atoms with Crippen LogP contribution in [-0.4, -0.2) is 39.2 Å². The van der Waals surface area contributed by atoms with Crippen LogP contribution in [0, 0.1) is 18.7 Å². The molecule has 5 nitrogen and oxygen atoms in total. The number of aromatic amines is 1. The van der Waals surface area contributed by atoms with Crippen molar-refractivity contribution in [2.45, 2.75) is 32.3 Å². The van der Waals surface area contributed by atoms with Crippen LogP contribution in [0.25, 0.3) is 0 Å². The van der Waals surface area contributed by atoms with E-state index in [0.29, 0.717) is 19.5 Å². The maximum atomic E-state index is 13.0. The van der Waals surface area contributed by atoms with E-state index in [4.69, 9.17) is 0 Å². The molecule has 1 aromatic carbocycles. The maximum absolute atomic E-state index is 13.0. The topological polar surface area (TPSA) is 69.2 Å². The molecular formula is C18H22FN3O2. The third-order valence-corrected chi connectivity index (χ3v) is 4.64. The molecule has 0 saturated carbocycles. The molecular weight excluding hydrogens is 309 g/mol. The summed E-state index contributed by atoms with van der Waals surface area (Å²) in [7, 11) is 0. The Morgan fingerprint density at radius 3 is 2.62 bits per heavy atom. The largest absolute Gasteiger partial charge is 0.388 e. The Hall–Kier alpha value is -2.21. The summed E-state index contributed by atoms with van der Waals surface area (Å²) in [5.74, 6) is -0.150. The number of aryl methyl sites for hydroxylation is 1. The Labute approximate surface area is 140 Å². The number of aliphatic hydroxyl groups excluding tert-OH is 1. The molecule has 1 aromatic heterocycles. The van der Waals surface area contributed by atoms with Crippen LogP contribution >= 0.6 is 0 Å². The van der Waals surface area contributed by atoms with Gasteiger partial charge in [-0.1, -0.05) is 12.1 Å². The lowest BCUT2D eigenvalue weighted by Crippen LogP contribution is -2.40. The Balaban J connectivity index is 1.53. The number of piperidine rings is 1. The van der Waals surface area contributed by atoms with Gasteiger partial charge >= 0.3 is 0 Å². The molecule has 0 aliphatic carbocycles. The molecule has 2 N–H and O–H groups in total. The van der Waals surface area contributed by atoms with Crippen molar-refractivity contribution >= 4 is 5.91 Å². The summed E-state index contributed by atoms with van der Waals surface area (Å²) in [4.78, 5) is 14.2. The SMILES string of the molecule is Cc1cc(CC(=O)N2CCC(C(O)c3ccc(F)cc3)CC2)n[nH]1. The molecule has 1 atom stereocenters. The number of carbonyl (C=O) groups is 1. The van der Waals surface area contributed by atoms with E-state index in [9.17, 15) is 14.3 Å². The van der Waals surface area contributed by atoms with Crippen molar-refractivity contribution in [2.75, 3.05) is 13.1 Å². The summed E-state index contributed by atoms with van der Waals surface area (Å²) in [6.45, 7) is 3.17. The molecule has 0 spiro atoms. The molecule has 128 valence electrons. The minimum atomic E-state index is -0.614. The fraction of sp³-hybridized carbons (Fsp3) is 0.444. The number of nitrogens with zero attached hydrogens (tertiary/aromatic N) is 2. The highest BCUT2D eigenvalue weighted by atomic mass is 19.1. The highest BCUT2D eigenvalue weighted by Gasteiger charge is 2.28. The van der Waals surface area contributed by atoms with E-state index < -0.39 is 6.10 Å². The van der Waals surface area contributed by atoms with E-state index in [1.165, 1.54) is 12.1 Å². The smallest absolute Gasteiger partial charge is 0.228 e. The Bertz CT molecular complexity index is 691. The first kappa shape index (κ1) is 16.6. The van der Waals surface area contributed by atoms with Gasteiger partial charge in [-0.05, 0) is 49.4 Å². The third kappa shape index (κ3) is 3.82. The van der Waals surface area contributed by atoms with Gasteiger partial charge < -0.3 is 10.0 Å². The van der Waals surface area contributed by atoms with Gasteiger partial charge in [0.05, 0.1) is 18.2 Å². The quantitative estimate of drug-likeness (QED) is 0.904. The molecule has 1 saturated heterocycles. The summed E-state index contributed by atoms with van der Waals surface area (Å²) in [6, 6.07) is 7.85. The first-order chi connectivity index (χ1) is 11.5. The lowest BCUT2D eigenvalue weighted by atomic mass is 9.87. The summed E-state index contributed by atoms with van der Waals surface area (Å²) < 4.78 is 13.0. The Morgan fingerprint density at radius 2 is 2.04 bits per heavy atom. The molecule has 1 unspecified atom stereocenters. The third-order valence-electron chi connectivity index (χ3n) is 4.64. The number of aliphatic hydroxyl groups is 1. The van der Waals surface area contributed by atoms with Gasteiger partial charge in [-0.15, -0.1) is 0 Å². The number of rotatable bonds is 4. The Kier molecular flexibility index (Phi) is 4.94. The van der Waals surface area contributed by atoms with Gasteiger partial charge in [0.25, 0.3) is 0 Å². The Morgan fingerprint density at radius 1 is 1.38 bits per heavy atom. The number of likely N-dealkylation sites (tertiary alicyclic amines) is 1. The summed E-state index contributed by atoms with van der Waals surface area (Å²) >= 11 is 0. The highest BCUT2D eigenvalue weighted by molar-refractivity contribution is 5.78. The first-order valence-corrected chi connectivity index (χ1v) is 8.25. The molecule has 6 heteroatoms. The van der Waals surface area contributed by atoms with Gasteiger partial charge in [0.15, 0.2) is 0 Å². The second-order valence-electron chi connectivity index (χ2n) is 6.43. The van der Waals surface area contributed by atoms with Gasteiger partial charge in [0.2, 0.25) is 5.91 Å². The average molecular weight is 331 g/mol. The molecule has 3 rings (SSSR count). The molecule has 2 heterocycles. The van der Waals surface area contributed by atoms with E-state index >= 15 is 0 Å². The van der Waals surface area contributed by atoms with E-state index in [0.717, 1.165) is 29.8 Å². The zero-order valence-electron chi connectivity index (χ0n) is 13.7. The monoisotopic (exact) mass is 331 g/mol. The molecule has 1 amide bonds. The number of hydrogen-bond donors (Lipinski definition) is 2. The normalized spacial score (nSPS) is 17.0. The number of hydrogen-bond acceptors (Lipinski definition) is 3. The second-order valence-corrected chi connectivity index (χ2v) is 6.43. The van der Waals surface area contributed by atoms with Crippen molar-refractivity contribution in [3.63, 3.8) is 0 Å². The maximum Gasteiger partial charge on any atom is 0.228 e. The second kappa shape index (κ2) is 7.13. The molecule has 1 aliphatic heterocycles. The molecule has 24 heavy (non-hydrogen) atoms. The van der Waals surface area contributed by atoms with E-state index in [-0.39, 0.29) is 17.6 Å². The molecule has 0 bridgehead atoms. The van der Waals surface area contributed by atoms with Crippen LogP contribution in [0.2, 0.25) is 0 Å². The van der Waals surface area contributed by atoms with Crippen molar-refractivity contribution in [1.82, 2.24) is 15.1 Å². The number of halogens is 1. The van der Waals surface area contributed by atoms with Crippen molar-refractivity contribution in [2.24, 2.45) is 5.92 Å². The first-order valence-electron chi connectivity index (χ1n) is 8.25. The summed E-state index contributed by atoms with van der Waals surface area (Å²) in [5.41, 5.74) is 2.43. The van der Waals surface area contributed by atoms with Crippen molar-refractivity contribution in [3.05, 3.63) is 53.1 Å². The fourth-order valence-electron chi connectivity index (χ4n) is 3.23. The predicted molar refractivity (Wildman–Crippen MR) is 87.7 cm³/mol. The van der Waals surface area contributed by atoms with Crippen molar-refractivity contribution < 1.29 is 14.3 Å². The number of benzene rings is 1. The standard InChI is InChI=1S/C18H22FN3O2/c1-12-10-16(21-20-12)11-17(23)22-8-6-14(7-9-22)18(24)13-2-4-15(19)5-3-13/h2-5,10,14,18,24H,6-9,11H2,1H3,(H,20,21). The zero-order valence-corrected chi connectivity index (χ0v) is 13.7. The average Bonchev–Trinajstić information content (AvgIpc) is 3.00. The molecule has 0 radical (unpaired) electrons. The number of amides is 1.